The molecule has 0 spiro atoms. The van der Waals surface area contributed by atoms with Gasteiger partial charge in [0.2, 0.25) is 0 Å². The van der Waals surface area contributed by atoms with Crippen LogP contribution in [0.4, 0.5) is 0 Å². The number of carbonyl (C=O) groups is 1. The van der Waals surface area contributed by atoms with Gasteiger partial charge in [-0.05, 0) is 58.0 Å². The van der Waals surface area contributed by atoms with E-state index in [1.165, 1.54) is 12.8 Å². The number of hydrogen-bond acceptors (Lipinski definition) is 3. The molecule has 0 aromatic rings. The van der Waals surface area contributed by atoms with Crippen LogP contribution in [-0.4, -0.2) is 47.7 Å². The fraction of sp³-hybridized carbons (Fsp3) is 0.929. The molecule has 2 atom stereocenters. The Hall–Kier alpha value is -0.610. The Labute approximate surface area is 110 Å². The first kappa shape index (κ1) is 13.8. The maximum absolute atomic E-state index is 11.6. The summed E-state index contributed by atoms with van der Waals surface area (Å²) in [6, 6.07) is 0.436. The van der Waals surface area contributed by atoms with E-state index in [1.807, 2.05) is 0 Å². The van der Waals surface area contributed by atoms with Gasteiger partial charge >= 0.3 is 5.97 Å². The van der Waals surface area contributed by atoms with E-state index in [1.54, 1.807) is 0 Å². The number of carboxylic acid groups (broad SMARTS) is 1. The van der Waals surface area contributed by atoms with Crippen LogP contribution in [0.5, 0.6) is 0 Å². The summed E-state index contributed by atoms with van der Waals surface area (Å²) in [5.74, 6) is 0.205. The van der Waals surface area contributed by atoms with E-state index >= 15 is 0 Å². The molecule has 0 aromatic carbocycles. The number of nitrogens with zero attached hydrogens (tertiary/aromatic N) is 1. The van der Waals surface area contributed by atoms with Crippen LogP contribution < -0.4 is 5.32 Å². The molecule has 18 heavy (non-hydrogen) atoms. The van der Waals surface area contributed by atoms with Gasteiger partial charge in [0, 0.05) is 12.6 Å². The standard InChI is InChI=1S/C14H26N2O2/c1-3-8-15-14(13(17)18)7-6-12(9-14)16(2)10-11-4-5-11/h11-12,15H,3-10H2,1-2H3,(H,17,18). The fourth-order valence-electron chi connectivity index (χ4n) is 3.05. The zero-order valence-electron chi connectivity index (χ0n) is 11.6. The predicted molar refractivity (Wildman–Crippen MR) is 71.7 cm³/mol. The number of carboxylic acids is 1. The number of aliphatic carboxylic acids is 1. The third kappa shape index (κ3) is 3.04. The van der Waals surface area contributed by atoms with Crippen molar-refractivity contribution in [3.63, 3.8) is 0 Å². The monoisotopic (exact) mass is 254 g/mol. The first-order valence-corrected chi connectivity index (χ1v) is 7.26. The Morgan fingerprint density at radius 1 is 1.44 bits per heavy atom. The SMILES string of the molecule is CCCNC1(C(=O)O)CCC(N(C)CC2CC2)C1. The molecule has 2 saturated carbocycles. The van der Waals surface area contributed by atoms with Gasteiger partial charge in [-0.15, -0.1) is 0 Å². The molecule has 104 valence electrons. The van der Waals surface area contributed by atoms with Crippen LogP contribution in [0.15, 0.2) is 0 Å². The zero-order valence-corrected chi connectivity index (χ0v) is 11.6. The van der Waals surface area contributed by atoms with Gasteiger partial charge in [-0.2, -0.15) is 0 Å². The molecule has 2 N–H and O–H groups in total. The molecule has 0 saturated heterocycles. The van der Waals surface area contributed by atoms with Crippen LogP contribution in [-0.2, 0) is 4.79 Å². The van der Waals surface area contributed by atoms with Crippen LogP contribution in [0, 0.1) is 5.92 Å². The van der Waals surface area contributed by atoms with Crippen molar-refractivity contribution in [3.8, 4) is 0 Å². The van der Waals surface area contributed by atoms with Gasteiger partial charge in [0.15, 0.2) is 0 Å². The molecule has 2 unspecified atom stereocenters. The molecule has 0 aromatic heterocycles. The Morgan fingerprint density at radius 3 is 2.72 bits per heavy atom. The van der Waals surface area contributed by atoms with E-state index in [0.29, 0.717) is 6.04 Å². The average molecular weight is 254 g/mol. The van der Waals surface area contributed by atoms with Crippen molar-refractivity contribution < 1.29 is 9.90 Å². The minimum atomic E-state index is -0.668. The molecular weight excluding hydrogens is 228 g/mol. The summed E-state index contributed by atoms with van der Waals surface area (Å²) in [4.78, 5) is 13.9. The number of hydrogen-bond donors (Lipinski definition) is 2. The predicted octanol–water partition coefficient (Wildman–Crippen LogP) is 1.70. The highest BCUT2D eigenvalue weighted by molar-refractivity contribution is 5.79. The first-order chi connectivity index (χ1) is 8.57. The Morgan fingerprint density at radius 2 is 2.17 bits per heavy atom. The summed E-state index contributed by atoms with van der Waals surface area (Å²) >= 11 is 0. The third-order valence-electron chi connectivity index (χ3n) is 4.48. The normalized spacial score (nSPS) is 32.1. The quantitative estimate of drug-likeness (QED) is 0.726. The van der Waals surface area contributed by atoms with Gasteiger partial charge < -0.3 is 15.3 Å². The molecule has 4 heteroatoms. The first-order valence-electron chi connectivity index (χ1n) is 7.26. The van der Waals surface area contributed by atoms with E-state index < -0.39 is 11.5 Å². The smallest absolute Gasteiger partial charge is 0.323 e. The van der Waals surface area contributed by atoms with Gasteiger partial charge in [-0.25, -0.2) is 0 Å². The van der Waals surface area contributed by atoms with E-state index in [0.717, 1.165) is 44.7 Å². The summed E-state index contributed by atoms with van der Waals surface area (Å²) in [5.41, 5.74) is -0.668. The Bertz CT molecular complexity index is 304. The topological polar surface area (TPSA) is 52.6 Å². The van der Waals surface area contributed by atoms with E-state index in [9.17, 15) is 9.90 Å². The lowest BCUT2D eigenvalue weighted by Crippen LogP contribution is -2.51. The fourth-order valence-corrected chi connectivity index (χ4v) is 3.05. The minimum Gasteiger partial charge on any atom is -0.480 e. The second-order valence-corrected chi connectivity index (χ2v) is 6.09. The van der Waals surface area contributed by atoms with Crippen LogP contribution in [0.3, 0.4) is 0 Å². The van der Waals surface area contributed by atoms with Gasteiger partial charge in [-0.1, -0.05) is 6.92 Å². The van der Waals surface area contributed by atoms with E-state index in [4.69, 9.17) is 0 Å². The summed E-state index contributed by atoms with van der Waals surface area (Å²) in [7, 11) is 2.15. The third-order valence-corrected chi connectivity index (χ3v) is 4.48. The molecule has 0 bridgehead atoms. The van der Waals surface area contributed by atoms with Crippen molar-refractivity contribution in [1.82, 2.24) is 10.2 Å². The van der Waals surface area contributed by atoms with Crippen LogP contribution >= 0.6 is 0 Å². The molecule has 0 heterocycles. The summed E-state index contributed by atoms with van der Waals surface area (Å²) in [6.07, 6.45) is 6.22. The van der Waals surface area contributed by atoms with E-state index in [-0.39, 0.29) is 0 Å². The largest absolute Gasteiger partial charge is 0.480 e. The lowest BCUT2D eigenvalue weighted by Gasteiger charge is -2.28. The maximum atomic E-state index is 11.6. The van der Waals surface area contributed by atoms with Gasteiger partial charge in [0.1, 0.15) is 5.54 Å². The van der Waals surface area contributed by atoms with Crippen molar-refractivity contribution in [1.29, 1.82) is 0 Å². The summed E-state index contributed by atoms with van der Waals surface area (Å²) in [6.45, 7) is 4.02. The van der Waals surface area contributed by atoms with Crippen LogP contribution in [0.25, 0.3) is 0 Å². The molecule has 2 aliphatic carbocycles. The van der Waals surface area contributed by atoms with Gasteiger partial charge in [-0.3, -0.25) is 4.79 Å². The molecule has 2 rings (SSSR count). The van der Waals surface area contributed by atoms with Crippen molar-refractivity contribution in [2.75, 3.05) is 20.1 Å². The van der Waals surface area contributed by atoms with Crippen molar-refractivity contribution in [3.05, 3.63) is 0 Å². The minimum absolute atomic E-state index is 0.436. The molecule has 0 amide bonds. The lowest BCUT2D eigenvalue weighted by atomic mass is 9.97. The highest BCUT2D eigenvalue weighted by Gasteiger charge is 2.46. The molecule has 0 aliphatic heterocycles. The Kier molecular flexibility index (Phi) is 4.28. The van der Waals surface area contributed by atoms with E-state index in [2.05, 4.69) is 24.2 Å². The number of nitrogens with one attached hydrogen (secondary N) is 1. The second-order valence-electron chi connectivity index (χ2n) is 6.09. The van der Waals surface area contributed by atoms with Gasteiger partial charge in [0.25, 0.3) is 0 Å². The lowest BCUT2D eigenvalue weighted by molar-refractivity contribution is -0.144. The van der Waals surface area contributed by atoms with Crippen molar-refractivity contribution in [2.45, 2.75) is 57.0 Å². The van der Waals surface area contributed by atoms with Crippen LogP contribution in [0.2, 0.25) is 0 Å². The zero-order chi connectivity index (χ0) is 13.2. The highest BCUT2D eigenvalue weighted by Crippen LogP contribution is 2.36. The number of rotatable bonds is 7. The molecule has 2 aliphatic rings. The summed E-state index contributed by atoms with van der Waals surface area (Å²) in [5, 5.41) is 12.8. The van der Waals surface area contributed by atoms with Crippen molar-refractivity contribution in [2.24, 2.45) is 5.92 Å². The van der Waals surface area contributed by atoms with Crippen LogP contribution in [0.1, 0.15) is 45.4 Å². The second kappa shape index (κ2) is 5.57. The average Bonchev–Trinajstić information content (AvgIpc) is 3.03. The van der Waals surface area contributed by atoms with Gasteiger partial charge in [0.05, 0.1) is 0 Å². The Balaban J connectivity index is 1.91. The molecular formula is C14H26N2O2. The highest BCUT2D eigenvalue weighted by atomic mass is 16.4. The molecule has 4 nitrogen and oxygen atoms in total. The summed E-state index contributed by atoms with van der Waals surface area (Å²) < 4.78 is 0. The molecule has 2 fully saturated rings. The molecule has 0 radical (unpaired) electrons. The maximum Gasteiger partial charge on any atom is 0.323 e. The van der Waals surface area contributed by atoms with Crippen molar-refractivity contribution >= 4 is 5.97 Å².